The van der Waals surface area contributed by atoms with E-state index in [1.807, 2.05) is 31.2 Å². The Labute approximate surface area is 68.3 Å². The van der Waals surface area contributed by atoms with Crippen molar-refractivity contribution < 1.29 is 4.74 Å². The highest BCUT2D eigenvalue weighted by Crippen LogP contribution is 1.86. The highest BCUT2D eigenvalue weighted by atomic mass is 16.5. The van der Waals surface area contributed by atoms with Gasteiger partial charge in [0.2, 0.25) is 0 Å². The van der Waals surface area contributed by atoms with Gasteiger partial charge in [0, 0.05) is 12.8 Å². The van der Waals surface area contributed by atoms with Gasteiger partial charge in [-0.2, -0.15) is 0 Å². The number of ether oxygens (including phenoxy) is 1. The van der Waals surface area contributed by atoms with Crippen LogP contribution in [0.4, 0.5) is 0 Å². The highest BCUT2D eigenvalue weighted by molar-refractivity contribution is 5.16. The molecule has 0 fully saturated rings. The van der Waals surface area contributed by atoms with Crippen LogP contribution in [0.2, 0.25) is 0 Å². The summed E-state index contributed by atoms with van der Waals surface area (Å²) in [4.78, 5) is 0. The third kappa shape index (κ3) is 6.87. The average Bonchev–Trinajstić information content (AvgIpc) is 2.01. The predicted octanol–water partition coefficient (Wildman–Crippen LogP) is 1.83. The first-order chi connectivity index (χ1) is 5.31. The van der Waals surface area contributed by atoms with Crippen molar-refractivity contribution in [3.63, 3.8) is 0 Å². The normalized spacial score (nSPS) is 11.1. The molecule has 0 saturated heterocycles. The van der Waals surface area contributed by atoms with Crippen LogP contribution >= 0.6 is 0 Å². The molecule has 0 heterocycles. The monoisotopic (exact) mass is 153 g/mol. The molecule has 0 amide bonds. The minimum Gasteiger partial charge on any atom is -0.365 e. The molecule has 0 atom stereocenters. The van der Waals surface area contributed by atoms with Crippen molar-refractivity contribution in [1.82, 2.24) is 5.32 Å². The molecule has 0 bridgehead atoms. The Hall–Kier alpha value is -1.02. The molecule has 0 aromatic carbocycles. The quantitative estimate of drug-likeness (QED) is 0.480. The average molecular weight is 153 g/mol. The fourth-order valence-electron chi connectivity index (χ4n) is 0.507. The third-order valence-electron chi connectivity index (χ3n) is 1.04. The number of hydrogen-bond donors (Lipinski definition) is 1. The Morgan fingerprint density at radius 2 is 2.27 bits per heavy atom. The summed E-state index contributed by atoms with van der Waals surface area (Å²) in [5.41, 5.74) is 0.852. The zero-order valence-corrected chi connectivity index (χ0v) is 7.13. The van der Waals surface area contributed by atoms with Gasteiger partial charge in [-0.1, -0.05) is 24.8 Å². The Balaban J connectivity index is 3.51. The summed E-state index contributed by atoms with van der Waals surface area (Å²) < 4.78 is 4.79. The van der Waals surface area contributed by atoms with E-state index in [4.69, 9.17) is 4.74 Å². The van der Waals surface area contributed by atoms with Gasteiger partial charge in [-0.3, -0.25) is 0 Å². The molecule has 0 unspecified atom stereocenters. The number of nitrogens with one attached hydrogen (secondary N) is 1. The molecule has 62 valence electrons. The van der Waals surface area contributed by atoms with Crippen molar-refractivity contribution in [3.05, 3.63) is 36.6 Å². The summed E-state index contributed by atoms with van der Waals surface area (Å²) in [6.45, 7) is 6.22. The number of allylic oxidation sites excluding steroid dienone is 4. The van der Waals surface area contributed by atoms with Gasteiger partial charge in [0.1, 0.15) is 6.73 Å². The van der Waals surface area contributed by atoms with Crippen molar-refractivity contribution in [2.24, 2.45) is 0 Å². The maximum Gasteiger partial charge on any atom is 0.116 e. The van der Waals surface area contributed by atoms with Gasteiger partial charge in [0.25, 0.3) is 0 Å². The van der Waals surface area contributed by atoms with E-state index < -0.39 is 0 Å². The summed E-state index contributed by atoms with van der Waals surface area (Å²) in [5, 5.41) is 2.95. The summed E-state index contributed by atoms with van der Waals surface area (Å²) in [5.74, 6) is 0. The standard InChI is InChI=1S/C9H15NO/c1-4-5-6-7-9(2)10-8-11-3/h4-7,10H,2,8H2,1,3H3/b5-4-,7-6-. The zero-order valence-electron chi connectivity index (χ0n) is 7.13. The Morgan fingerprint density at radius 1 is 1.55 bits per heavy atom. The van der Waals surface area contributed by atoms with Crippen LogP contribution in [0.3, 0.4) is 0 Å². The maximum absolute atomic E-state index is 4.79. The SMILES string of the molecule is C=C(/C=C\C=C/C)NCOC. The second-order valence-electron chi connectivity index (χ2n) is 2.02. The van der Waals surface area contributed by atoms with Crippen LogP contribution in [-0.2, 0) is 4.74 Å². The van der Waals surface area contributed by atoms with Crippen molar-refractivity contribution in [1.29, 1.82) is 0 Å². The molecule has 0 rings (SSSR count). The van der Waals surface area contributed by atoms with Crippen LogP contribution in [0, 0.1) is 0 Å². The second kappa shape index (κ2) is 7.09. The van der Waals surface area contributed by atoms with E-state index in [2.05, 4.69) is 11.9 Å². The van der Waals surface area contributed by atoms with Gasteiger partial charge < -0.3 is 10.1 Å². The van der Waals surface area contributed by atoms with Crippen molar-refractivity contribution in [2.45, 2.75) is 6.92 Å². The zero-order chi connectivity index (χ0) is 8.53. The minimum atomic E-state index is 0.499. The molecule has 1 N–H and O–H groups in total. The van der Waals surface area contributed by atoms with Gasteiger partial charge >= 0.3 is 0 Å². The number of hydrogen-bond acceptors (Lipinski definition) is 2. The van der Waals surface area contributed by atoms with Crippen LogP contribution < -0.4 is 5.32 Å². The largest absolute Gasteiger partial charge is 0.365 e. The number of rotatable bonds is 5. The maximum atomic E-state index is 4.79. The number of methoxy groups -OCH3 is 1. The molecule has 2 heteroatoms. The molecule has 0 radical (unpaired) electrons. The summed E-state index contributed by atoms with van der Waals surface area (Å²) >= 11 is 0. The van der Waals surface area contributed by atoms with E-state index in [-0.39, 0.29) is 0 Å². The van der Waals surface area contributed by atoms with Crippen LogP contribution in [-0.4, -0.2) is 13.8 Å². The van der Waals surface area contributed by atoms with Crippen molar-refractivity contribution in [2.75, 3.05) is 13.8 Å². The van der Waals surface area contributed by atoms with Crippen molar-refractivity contribution >= 4 is 0 Å². The minimum absolute atomic E-state index is 0.499. The first-order valence-electron chi connectivity index (χ1n) is 3.52. The molecule has 0 aromatic heterocycles. The van der Waals surface area contributed by atoms with Gasteiger partial charge in [0.15, 0.2) is 0 Å². The molecular weight excluding hydrogens is 138 g/mol. The second-order valence-corrected chi connectivity index (χ2v) is 2.02. The topological polar surface area (TPSA) is 21.3 Å². The Morgan fingerprint density at radius 3 is 2.82 bits per heavy atom. The fraction of sp³-hybridized carbons (Fsp3) is 0.333. The Kier molecular flexibility index (Phi) is 6.43. The molecule has 11 heavy (non-hydrogen) atoms. The summed E-state index contributed by atoms with van der Waals surface area (Å²) in [6.07, 6.45) is 7.71. The molecule has 0 aliphatic heterocycles. The van der Waals surface area contributed by atoms with Crippen LogP contribution in [0.15, 0.2) is 36.6 Å². The van der Waals surface area contributed by atoms with E-state index in [0.29, 0.717) is 6.73 Å². The highest BCUT2D eigenvalue weighted by Gasteiger charge is 1.81. The smallest absolute Gasteiger partial charge is 0.116 e. The summed E-state index contributed by atoms with van der Waals surface area (Å²) in [6, 6.07) is 0. The lowest BCUT2D eigenvalue weighted by Crippen LogP contribution is -2.13. The van der Waals surface area contributed by atoms with E-state index in [1.165, 1.54) is 0 Å². The van der Waals surface area contributed by atoms with E-state index in [0.717, 1.165) is 5.70 Å². The van der Waals surface area contributed by atoms with E-state index in [9.17, 15) is 0 Å². The molecular formula is C9H15NO. The molecule has 0 saturated carbocycles. The Bertz CT molecular complexity index is 159. The van der Waals surface area contributed by atoms with Gasteiger partial charge in [-0.05, 0) is 13.0 Å². The first-order valence-corrected chi connectivity index (χ1v) is 3.52. The lowest BCUT2D eigenvalue weighted by molar-refractivity contribution is 0.185. The predicted molar refractivity (Wildman–Crippen MR) is 48.1 cm³/mol. The van der Waals surface area contributed by atoms with Gasteiger partial charge in [-0.15, -0.1) is 0 Å². The van der Waals surface area contributed by atoms with Gasteiger partial charge in [0.05, 0.1) is 0 Å². The lowest BCUT2D eigenvalue weighted by atomic mass is 10.4. The molecule has 2 nitrogen and oxygen atoms in total. The van der Waals surface area contributed by atoms with Crippen molar-refractivity contribution in [3.8, 4) is 0 Å². The van der Waals surface area contributed by atoms with Crippen LogP contribution in [0.1, 0.15) is 6.92 Å². The summed E-state index contributed by atoms with van der Waals surface area (Å²) in [7, 11) is 1.63. The van der Waals surface area contributed by atoms with Crippen LogP contribution in [0.5, 0.6) is 0 Å². The van der Waals surface area contributed by atoms with E-state index in [1.54, 1.807) is 7.11 Å². The van der Waals surface area contributed by atoms with E-state index >= 15 is 0 Å². The molecule has 0 aliphatic rings. The molecule has 0 aromatic rings. The molecule has 0 aliphatic carbocycles. The fourth-order valence-corrected chi connectivity index (χ4v) is 0.507. The van der Waals surface area contributed by atoms with Gasteiger partial charge in [-0.25, -0.2) is 0 Å². The first kappa shape index (κ1) is 9.98. The lowest BCUT2D eigenvalue weighted by Gasteiger charge is -2.01. The van der Waals surface area contributed by atoms with Crippen LogP contribution in [0.25, 0.3) is 0 Å². The molecule has 0 spiro atoms. The third-order valence-corrected chi connectivity index (χ3v) is 1.04.